The number of carbonyl (C=O) groups is 1. The van der Waals surface area contributed by atoms with Crippen LogP contribution in [0.2, 0.25) is 0 Å². The molecular weight excluding hydrogens is 338 g/mol. The number of benzene rings is 2. The van der Waals surface area contributed by atoms with Gasteiger partial charge in [-0.05, 0) is 31.5 Å². The van der Waals surface area contributed by atoms with E-state index >= 15 is 0 Å². The summed E-state index contributed by atoms with van der Waals surface area (Å²) < 4.78 is 0. The second kappa shape index (κ2) is 6.82. The molecule has 25 heavy (non-hydrogen) atoms. The highest BCUT2D eigenvalue weighted by molar-refractivity contribution is 7.14. The molecule has 0 bridgehead atoms. The third-order valence-corrected chi connectivity index (χ3v) is 4.50. The molecule has 1 heterocycles. The van der Waals surface area contributed by atoms with E-state index in [0.717, 1.165) is 22.4 Å². The summed E-state index contributed by atoms with van der Waals surface area (Å²) in [6.07, 6.45) is 0. The van der Waals surface area contributed by atoms with Crippen molar-refractivity contribution in [3.8, 4) is 11.3 Å². The third-order valence-electron chi connectivity index (χ3n) is 3.74. The maximum absolute atomic E-state index is 12.4. The number of nitrogens with zero attached hydrogens (tertiary/aromatic N) is 2. The molecule has 3 aromatic rings. The van der Waals surface area contributed by atoms with Gasteiger partial charge in [-0.25, -0.2) is 4.98 Å². The van der Waals surface area contributed by atoms with E-state index in [9.17, 15) is 14.9 Å². The molecule has 0 aliphatic carbocycles. The number of nitro benzene ring substituents is 1. The zero-order valence-corrected chi connectivity index (χ0v) is 14.5. The van der Waals surface area contributed by atoms with Gasteiger partial charge in [0.1, 0.15) is 5.56 Å². The lowest BCUT2D eigenvalue weighted by atomic mass is 10.0. The predicted octanol–water partition coefficient (Wildman–Crippen LogP) is 4.59. The summed E-state index contributed by atoms with van der Waals surface area (Å²) in [6, 6.07) is 11.9. The van der Waals surface area contributed by atoms with Crippen molar-refractivity contribution in [2.75, 3.05) is 5.32 Å². The van der Waals surface area contributed by atoms with Gasteiger partial charge < -0.3 is 0 Å². The van der Waals surface area contributed by atoms with Gasteiger partial charge in [0, 0.05) is 17.0 Å². The molecule has 0 saturated heterocycles. The number of amides is 1. The zero-order chi connectivity index (χ0) is 18.0. The van der Waals surface area contributed by atoms with Crippen molar-refractivity contribution >= 4 is 28.1 Å². The van der Waals surface area contributed by atoms with E-state index < -0.39 is 10.8 Å². The number of anilines is 1. The zero-order valence-electron chi connectivity index (χ0n) is 13.6. The molecule has 6 nitrogen and oxygen atoms in total. The van der Waals surface area contributed by atoms with Crippen LogP contribution >= 0.6 is 11.3 Å². The average Bonchev–Trinajstić information content (AvgIpc) is 3.05. The number of hydrogen-bond donors (Lipinski definition) is 1. The monoisotopic (exact) mass is 353 g/mol. The maximum Gasteiger partial charge on any atom is 0.282 e. The van der Waals surface area contributed by atoms with Crippen LogP contribution in [0, 0.1) is 24.0 Å². The fourth-order valence-corrected chi connectivity index (χ4v) is 3.16. The molecule has 0 atom stereocenters. The van der Waals surface area contributed by atoms with E-state index in [-0.39, 0.29) is 11.3 Å². The van der Waals surface area contributed by atoms with Crippen molar-refractivity contribution < 1.29 is 9.72 Å². The van der Waals surface area contributed by atoms with Gasteiger partial charge >= 0.3 is 0 Å². The van der Waals surface area contributed by atoms with Crippen LogP contribution in [-0.2, 0) is 0 Å². The van der Waals surface area contributed by atoms with Crippen molar-refractivity contribution in [1.29, 1.82) is 0 Å². The number of carbonyl (C=O) groups excluding carboxylic acids is 1. The van der Waals surface area contributed by atoms with Gasteiger partial charge in [-0.3, -0.25) is 20.2 Å². The summed E-state index contributed by atoms with van der Waals surface area (Å²) in [5.74, 6) is -0.547. The Morgan fingerprint density at radius 2 is 1.96 bits per heavy atom. The first-order valence-corrected chi connectivity index (χ1v) is 8.41. The Morgan fingerprint density at radius 3 is 2.72 bits per heavy atom. The van der Waals surface area contributed by atoms with Gasteiger partial charge in [0.15, 0.2) is 5.13 Å². The second-order valence-electron chi connectivity index (χ2n) is 5.58. The number of aromatic nitrogens is 1. The molecule has 126 valence electrons. The highest BCUT2D eigenvalue weighted by Gasteiger charge is 2.20. The first kappa shape index (κ1) is 16.8. The van der Waals surface area contributed by atoms with E-state index in [1.807, 2.05) is 37.4 Å². The van der Waals surface area contributed by atoms with E-state index in [1.165, 1.54) is 29.5 Å². The summed E-state index contributed by atoms with van der Waals surface area (Å²) in [5, 5.41) is 16.0. The number of nitro groups is 1. The number of hydrogen-bond acceptors (Lipinski definition) is 5. The van der Waals surface area contributed by atoms with Gasteiger partial charge in [0.25, 0.3) is 11.6 Å². The number of aryl methyl sites for hydroxylation is 2. The molecule has 0 unspecified atom stereocenters. The molecule has 1 amide bonds. The van der Waals surface area contributed by atoms with Crippen molar-refractivity contribution in [2.45, 2.75) is 13.8 Å². The molecule has 7 heteroatoms. The topological polar surface area (TPSA) is 85.1 Å². The van der Waals surface area contributed by atoms with Crippen LogP contribution in [0.25, 0.3) is 11.3 Å². The molecule has 1 aromatic heterocycles. The summed E-state index contributed by atoms with van der Waals surface area (Å²) in [5.41, 5.74) is 3.76. The van der Waals surface area contributed by atoms with Crippen molar-refractivity contribution in [1.82, 2.24) is 4.98 Å². The number of nitrogens with one attached hydrogen (secondary N) is 1. The smallest absolute Gasteiger partial charge is 0.282 e. The number of rotatable bonds is 4. The third kappa shape index (κ3) is 3.56. The Labute approximate surface area is 148 Å². The molecule has 1 N–H and O–H groups in total. The van der Waals surface area contributed by atoms with Gasteiger partial charge in [0.2, 0.25) is 0 Å². The quantitative estimate of drug-likeness (QED) is 0.549. The molecular formula is C18H15N3O3S. The predicted molar refractivity (Wildman–Crippen MR) is 98.1 cm³/mol. The lowest BCUT2D eigenvalue weighted by molar-refractivity contribution is -0.385. The van der Waals surface area contributed by atoms with Crippen LogP contribution < -0.4 is 5.32 Å². The molecule has 2 aromatic carbocycles. The Morgan fingerprint density at radius 1 is 1.20 bits per heavy atom. The average molecular weight is 353 g/mol. The maximum atomic E-state index is 12.4. The van der Waals surface area contributed by atoms with Crippen LogP contribution in [0.5, 0.6) is 0 Å². The second-order valence-corrected chi connectivity index (χ2v) is 6.44. The lowest BCUT2D eigenvalue weighted by Gasteiger charge is -2.04. The molecule has 0 aliphatic heterocycles. The van der Waals surface area contributed by atoms with Crippen molar-refractivity contribution in [3.63, 3.8) is 0 Å². The van der Waals surface area contributed by atoms with Crippen LogP contribution in [0.1, 0.15) is 21.5 Å². The van der Waals surface area contributed by atoms with Gasteiger partial charge in [-0.2, -0.15) is 0 Å². The van der Waals surface area contributed by atoms with E-state index in [0.29, 0.717) is 5.13 Å². The summed E-state index contributed by atoms with van der Waals surface area (Å²) in [4.78, 5) is 27.3. The van der Waals surface area contributed by atoms with Gasteiger partial charge in [0.05, 0.1) is 10.6 Å². The minimum atomic E-state index is -0.571. The van der Waals surface area contributed by atoms with E-state index in [1.54, 1.807) is 6.07 Å². The van der Waals surface area contributed by atoms with Crippen molar-refractivity contribution in [2.24, 2.45) is 0 Å². The molecule has 3 rings (SSSR count). The number of para-hydroxylation sites is 1. The SMILES string of the molecule is Cc1ccc(C)c(-c2csc(NC(=O)c3ccccc3[N+](=O)[O-])n2)c1. The van der Waals surface area contributed by atoms with Crippen LogP contribution in [0.4, 0.5) is 10.8 Å². The van der Waals surface area contributed by atoms with Crippen molar-refractivity contribution in [3.05, 3.63) is 74.6 Å². The Balaban J connectivity index is 1.86. The van der Waals surface area contributed by atoms with E-state index in [2.05, 4.69) is 10.3 Å². The molecule has 0 spiro atoms. The summed E-state index contributed by atoms with van der Waals surface area (Å²) in [7, 11) is 0. The highest BCUT2D eigenvalue weighted by atomic mass is 32.1. The largest absolute Gasteiger partial charge is 0.298 e. The first-order valence-electron chi connectivity index (χ1n) is 7.53. The van der Waals surface area contributed by atoms with Crippen LogP contribution in [0.3, 0.4) is 0 Å². The molecule has 0 aliphatic rings. The normalized spacial score (nSPS) is 10.5. The standard InChI is InChI=1S/C18H15N3O3S/c1-11-7-8-12(2)14(9-11)15-10-25-18(19-15)20-17(22)13-5-3-4-6-16(13)21(23)24/h3-10H,1-2H3,(H,19,20,22). The van der Waals surface area contributed by atoms with Gasteiger partial charge in [-0.1, -0.05) is 29.8 Å². The molecule has 0 radical (unpaired) electrons. The molecule has 0 saturated carbocycles. The first-order chi connectivity index (χ1) is 12.0. The molecule has 0 fully saturated rings. The minimum Gasteiger partial charge on any atom is -0.298 e. The summed E-state index contributed by atoms with van der Waals surface area (Å²) >= 11 is 1.28. The lowest BCUT2D eigenvalue weighted by Crippen LogP contribution is -2.13. The van der Waals surface area contributed by atoms with Crippen LogP contribution in [-0.4, -0.2) is 15.8 Å². The van der Waals surface area contributed by atoms with Crippen LogP contribution in [0.15, 0.2) is 47.8 Å². The highest BCUT2D eigenvalue weighted by Crippen LogP contribution is 2.29. The van der Waals surface area contributed by atoms with Gasteiger partial charge in [-0.15, -0.1) is 11.3 Å². The Hall–Kier alpha value is -3.06. The fraction of sp³-hybridized carbons (Fsp3) is 0.111. The number of thiazole rings is 1. The Kier molecular flexibility index (Phi) is 4.58. The Bertz CT molecular complexity index is 966. The van der Waals surface area contributed by atoms with E-state index in [4.69, 9.17) is 0 Å². The summed E-state index contributed by atoms with van der Waals surface area (Å²) in [6.45, 7) is 4.01. The fourth-order valence-electron chi connectivity index (χ4n) is 2.46. The minimum absolute atomic E-state index is 0.0102.